The molecule has 8 heteroatoms. The quantitative estimate of drug-likeness (QED) is 0.528. The largest absolute Gasteiger partial charge is 0.459 e. The first-order chi connectivity index (χ1) is 14.5. The maximum atomic E-state index is 12.1. The minimum absolute atomic E-state index is 0.289. The number of hydrogen-bond donors (Lipinski definition) is 2. The Balaban J connectivity index is 1.90. The van der Waals surface area contributed by atoms with Gasteiger partial charge < -0.3 is 29.2 Å². The van der Waals surface area contributed by atoms with Crippen molar-refractivity contribution < 1.29 is 38.7 Å². The van der Waals surface area contributed by atoms with Crippen LogP contribution in [-0.2, 0) is 18.9 Å². The van der Waals surface area contributed by atoms with Gasteiger partial charge in [-0.3, -0.25) is 0 Å². The summed E-state index contributed by atoms with van der Waals surface area (Å²) in [4.78, 5) is 24.1. The smallest absolute Gasteiger partial charge is 0.338 e. The predicted octanol–water partition coefficient (Wildman–Crippen LogP) is 1.45. The van der Waals surface area contributed by atoms with Gasteiger partial charge in [0.2, 0.25) is 0 Å². The molecule has 162 valence electrons. The third-order valence-corrected chi connectivity index (χ3v) is 4.49. The molecule has 4 atom stereocenters. The number of esters is 2. The van der Waals surface area contributed by atoms with Gasteiger partial charge in [0.1, 0.15) is 37.6 Å². The summed E-state index contributed by atoms with van der Waals surface area (Å²) < 4.78 is 20.6. The van der Waals surface area contributed by atoms with Gasteiger partial charge in [-0.05, 0) is 24.3 Å². The van der Waals surface area contributed by atoms with Crippen LogP contribution in [0.15, 0.2) is 60.7 Å². The molecule has 0 amide bonds. The van der Waals surface area contributed by atoms with E-state index in [2.05, 4.69) is 0 Å². The van der Waals surface area contributed by atoms with Gasteiger partial charge in [-0.15, -0.1) is 0 Å². The Morgan fingerprint density at radius 1 is 0.700 bits per heavy atom. The van der Waals surface area contributed by atoms with Crippen molar-refractivity contribution in [1.82, 2.24) is 0 Å². The number of aliphatic hydroxyl groups is 2. The maximum Gasteiger partial charge on any atom is 0.338 e. The number of methoxy groups -OCH3 is 2. The molecule has 2 aromatic carbocycles. The van der Waals surface area contributed by atoms with Crippen LogP contribution in [0.5, 0.6) is 0 Å². The van der Waals surface area contributed by atoms with E-state index in [4.69, 9.17) is 18.9 Å². The second-order valence-electron chi connectivity index (χ2n) is 6.46. The maximum absolute atomic E-state index is 12.1. The molecule has 2 rings (SSSR count). The first-order valence-electron chi connectivity index (χ1n) is 9.34. The van der Waals surface area contributed by atoms with Crippen molar-refractivity contribution >= 4 is 11.9 Å². The van der Waals surface area contributed by atoms with Crippen molar-refractivity contribution in [2.24, 2.45) is 0 Å². The Labute approximate surface area is 175 Å². The van der Waals surface area contributed by atoms with Crippen LogP contribution in [0.2, 0.25) is 0 Å². The number of rotatable bonds is 11. The van der Waals surface area contributed by atoms with E-state index in [9.17, 15) is 19.8 Å². The summed E-state index contributed by atoms with van der Waals surface area (Å²) in [6.45, 7) is -0.578. The summed E-state index contributed by atoms with van der Waals surface area (Å²) in [5, 5.41) is 20.9. The summed E-state index contributed by atoms with van der Waals surface area (Å²) in [5.74, 6) is -1.17. The molecule has 2 aromatic rings. The van der Waals surface area contributed by atoms with Gasteiger partial charge in [0.05, 0.1) is 11.1 Å². The van der Waals surface area contributed by atoms with E-state index in [1.165, 1.54) is 14.2 Å². The number of benzene rings is 2. The van der Waals surface area contributed by atoms with Crippen LogP contribution in [0.4, 0.5) is 0 Å². The molecule has 0 aliphatic heterocycles. The zero-order valence-electron chi connectivity index (χ0n) is 16.8. The molecule has 0 fully saturated rings. The summed E-state index contributed by atoms with van der Waals surface area (Å²) in [7, 11) is 2.63. The van der Waals surface area contributed by atoms with E-state index in [1.54, 1.807) is 60.7 Å². The van der Waals surface area contributed by atoms with E-state index in [0.717, 1.165) is 0 Å². The van der Waals surface area contributed by atoms with Crippen molar-refractivity contribution in [3.63, 3.8) is 0 Å². The summed E-state index contributed by atoms with van der Waals surface area (Å²) in [5.41, 5.74) is 0.704. The molecule has 2 N–H and O–H groups in total. The van der Waals surface area contributed by atoms with Gasteiger partial charge in [0.15, 0.2) is 0 Å². The van der Waals surface area contributed by atoms with Crippen molar-refractivity contribution in [2.75, 3.05) is 27.4 Å². The predicted molar refractivity (Wildman–Crippen MR) is 107 cm³/mol. The topological polar surface area (TPSA) is 112 Å². The molecule has 0 radical (unpaired) electrons. The zero-order chi connectivity index (χ0) is 21.9. The van der Waals surface area contributed by atoms with Gasteiger partial charge in [0, 0.05) is 14.2 Å². The van der Waals surface area contributed by atoms with Crippen molar-refractivity contribution in [3.8, 4) is 0 Å². The number of ether oxygens (including phenoxy) is 4. The minimum Gasteiger partial charge on any atom is -0.459 e. The molecule has 8 nitrogen and oxygen atoms in total. The Morgan fingerprint density at radius 2 is 1.03 bits per heavy atom. The molecule has 0 saturated heterocycles. The highest BCUT2D eigenvalue weighted by molar-refractivity contribution is 5.89. The third-order valence-electron chi connectivity index (χ3n) is 4.49. The van der Waals surface area contributed by atoms with Crippen LogP contribution >= 0.6 is 0 Å². The van der Waals surface area contributed by atoms with Gasteiger partial charge in [-0.1, -0.05) is 36.4 Å². The number of hydrogen-bond acceptors (Lipinski definition) is 8. The van der Waals surface area contributed by atoms with E-state index >= 15 is 0 Å². The van der Waals surface area contributed by atoms with Gasteiger partial charge in [-0.2, -0.15) is 0 Å². The highest BCUT2D eigenvalue weighted by atomic mass is 16.6. The average Bonchev–Trinajstić information content (AvgIpc) is 2.80. The normalized spacial score (nSPS) is 14.9. The van der Waals surface area contributed by atoms with Gasteiger partial charge >= 0.3 is 11.9 Å². The highest BCUT2D eigenvalue weighted by Crippen LogP contribution is 2.13. The summed E-state index contributed by atoms with van der Waals surface area (Å²) in [6.07, 6.45) is -4.96. The van der Waals surface area contributed by atoms with E-state index < -0.39 is 36.4 Å². The highest BCUT2D eigenvalue weighted by Gasteiger charge is 2.34. The van der Waals surface area contributed by atoms with E-state index in [1.807, 2.05) is 0 Å². The van der Waals surface area contributed by atoms with E-state index in [0.29, 0.717) is 11.1 Å². The first kappa shape index (κ1) is 23.5. The fraction of sp³-hybridized carbons (Fsp3) is 0.364. The lowest BCUT2D eigenvalue weighted by Gasteiger charge is -2.29. The Kier molecular flexibility index (Phi) is 9.43. The fourth-order valence-corrected chi connectivity index (χ4v) is 2.68. The molecule has 0 aliphatic rings. The second kappa shape index (κ2) is 12.0. The number of carbonyl (C=O) groups excluding carboxylic acids is 2. The van der Waals surface area contributed by atoms with Crippen LogP contribution in [-0.4, -0.2) is 74.0 Å². The molecule has 0 heterocycles. The molecule has 0 aromatic heterocycles. The Bertz CT molecular complexity index is 713. The van der Waals surface area contributed by atoms with Crippen LogP contribution in [0.3, 0.4) is 0 Å². The summed E-state index contributed by atoms with van der Waals surface area (Å²) >= 11 is 0. The number of aliphatic hydroxyl groups excluding tert-OH is 2. The van der Waals surface area contributed by atoms with Crippen molar-refractivity contribution in [1.29, 1.82) is 0 Å². The lowest BCUT2D eigenvalue weighted by atomic mass is 10.0. The van der Waals surface area contributed by atoms with Crippen LogP contribution in [0, 0.1) is 0 Å². The second-order valence-corrected chi connectivity index (χ2v) is 6.46. The van der Waals surface area contributed by atoms with Crippen LogP contribution in [0.25, 0.3) is 0 Å². The van der Waals surface area contributed by atoms with Gasteiger partial charge in [0.25, 0.3) is 0 Å². The van der Waals surface area contributed by atoms with Crippen LogP contribution < -0.4 is 0 Å². The Morgan fingerprint density at radius 3 is 1.33 bits per heavy atom. The lowest BCUT2D eigenvalue weighted by molar-refractivity contribution is -0.141. The Hall–Kier alpha value is -2.78. The van der Waals surface area contributed by atoms with Gasteiger partial charge in [-0.25, -0.2) is 9.59 Å². The minimum atomic E-state index is -1.46. The third kappa shape index (κ3) is 6.64. The average molecular weight is 418 g/mol. The van der Waals surface area contributed by atoms with Crippen molar-refractivity contribution in [3.05, 3.63) is 71.8 Å². The monoisotopic (exact) mass is 418 g/mol. The molecule has 0 bridgehead atoms. The SMILES string of the molecule is COC(COC(=O)c1ccccc1)C(O)C(O)C(COC(=O)c1ccccc1)OC. The standard InChI is InChI=1S/C22H26O8/c1-27-17(13-29-21(25)15-9-5-3-6-10-15)19(23)20(24)18(28-2)14-30-22(26)16-11-7-4-8-12-16/h3-12,17-20,23-24H,13-14H2,1-2H3. The molecule has 0 aliphatic carbocycles. The molecule has 4 unspecified atom stereocenters. The molecular formula is C22H26O8. The molecule has 0 spiro atoms. The van der Waals surface area contributed by atoms with E-state index in [-0.39, 0.29) is 13.2 Å². The lowest BCUT2D eigenvalue weighted by Crippen LogP contribution is -2.49. The van der Waals surface area contributed by atoms with Crippen molar-refractivity contribution in [2.45, 2.75) is 24.4 Å². The summed E-state index contributed by atoms with van der Waals surface area (Å²) in [6, 6.07) is 16.7. The molecular weight excluding hydrogens is 392 g/mol. The number of carbonyl (C=O) groups is 2. The molecule has 30 heavy (non-hydrogen) atoms. The fourth-order valence-electron chi connectivity index (χ4n) is 2.68. The molecule has 0 saturated carbocycles. The first-order valence-corrected chi connectivity index (χ1v) is 9.34. The van der Waals surface area contributed by atoms with Crippen LogP contribution in [0.1, 0.15) is 20.7 Å². The zero-order valence-corrected chi connectivity index (χ0v) is 16.8.